The molecule has 0 amide bonds. The van der Waals surface area contributed by atoms with Crippen molar-refractivity contribution >= 4 is 41.9 Å². The molecule has 3 nitrogen and oxygen atoms in total. The van der Waals surface area contributed by atoms with E-state index in [-0.39, 0.29) is 4.90 Å². The molecule has 1 rings (SSSR count). The molecule has 1 aromatic carbocycles. The average Bonchev–Trinajstić information content (AvgIpc) is 2.14. The molecule has 0 radical (unpaired) electrons. The van der Waals surface area contributed by atoms with Crippen molar-refractivity contribution < 1.29 is 8.42 Å². The van der Waals surface area contributed by atoms with Gasteiger partial charge in [0.1, 0.15) is 4.90 Å². The second-order valence-corrected chi connectivity index (χ2v) is 6.36. The van der Waals surface area contributed by atoms with Crippen molar-refractivity contribution in [1.82, 2.24) is 4.72 Å². The van der Waals surface area contributed by atoms with E-state index in [1.165, 1.54) is 0 Å². The minimum Gasteiger partial charge on any atom is -0.211 e. The van der Waals surface area contributed by atoms with E-state index in [2.05, 4.69) is 36.6 Å². The van der Waals surface area contributed by atoms with Gasteiger partial charge in [-0.2, -0.15) is 0 Å². The molecule has 0 aromatic heterocycles. The summed E-state index contributed by atoms with van der Waals surface area (Å²) in [7, 11) is -3.43. The van der Waals surface area contributed by atoms with E-state index in [9.17, 15) is 8.42 Å². The van der Waals surface area contributed by atoms with Crippen LogP contribution < -0.4 is 4.72 Å². The minimum atomic E-state index is -3.43. The molecular weight excluding hydrogens is 346 g/mol. The summed E-state index contributed by atoms with van der Waals surface area (Å²) in [6, 6.07) is 5.17. The van der Waals surface area contributed by atoms with Gasteiger partial charge in [0.05, 0.1) is 0 Å². The van der Waals surface area contributed by atoms with E-state index in [0.717, 1.165) is 6.42 Å². The average molecular weight is 357 g/mol. The number of nitrogens with one attached hydrogen (secondary N) is 1. The Balaban J connectivity index is 3.15. The van der Waals surface area contributed by atoms with E-state index in [1.807, 2.05) is 6.92 Å². The first-order chi connectivity index (χ1) is 6.99. The first-order valence-corrected chi connectivity index (χ1v) is 7.49. The number of hydrogen-bond donors (Lipinski definition) is 1. The number of halogens is 2. The van der Waals surface area contributed by atoms with Gasteiger partial charge in [0.2, 0.25) is 10.0 Å². The zero-order chi connectivity index (χ0) is 11.5. The predicted molar refractivity (Wildman–Crippen MR) is 67.3 cm³/mol. The number of rotatable bonds is 4. The van der Waals surface area contributed by atoms with Crippen LogP contribution in [0.1, 0.15) is 13.3 Å². The van der Waals surface area contributed by atoms with Crippen LogP contribution in [0.25, 0.3) is 0 Å². The summed E-state index contributed by atoms with van der Waals surface area (Å²) in [4.78, 5) is 0.249. The standard InChI is InChI=1S/C9H11Br2NO2S/c1-2-6-12-15(13,14)9-7(10)4-3-5-8(9)11/h3-5,12H,2,6H2,1H3. The monoisotopic (exact) mass is 355 g/mol. The number of sulfonamides is 1. The predicted octanol–water partition coefficient (Wildman–Crippen LogP) is 2.90. The van der Waals surface area contributed by atoms with Crippen LogP contribution in [0.4, 0.5) is 0 Å². The van der Waals surface area contributed by atoms with E-state index >= 15 is 0 Å². The molecule has 84 valence electrons. The summed E-state index contributed by atoms with van der Waals surface area (Å²) in [6.07, 6.45) is 0.765. The molecule has 0 fully saturated rings. The maximum absolute atomic E-state index is 11.9. The molecule has 0 saturated heterocycles. The lowest BCUT2D eigenvalue weighted by Gasteiger charge is -2.09. The molecule has 15 heavy (non-hydrogen) atoms. The molecule has 0 heterocycles. The van der Waals surface area contributed by atoms with Gasteiger partial charge in [-0.1, -0.05) is 13.0 Å². The Labute approximate surface area is 107 Å². The Morgan fingerprint density at radius 3 is 2.27 bits per heavy atom. The Morgan fingerprint density at radius 1 is 1.27 bits per heavy atom. The van der Waals surface area contributed by atoms with Crippen LogP contribution >= 0.6 is 31.9 Å². The van der Waals surface area contributed by atoms with Gasteiger partial charge >= 0.3 is 0 Å². The lowest BCUT2D eigenvalue weighted by Crippen LogP contribution is -2.25. The lowest BCUT2D eigenvalue weighted by atomic mass is 10.4. The lowest BCUT2D eigenvalue weighted by molar-refractivity contribution is 0.580. The van der Waals surface area contributed by atoms with Crippen LogP contribution in [0.2, 0.25) is 0 Å². The molecule has 6 heteroatoms. The molecule has 1 aromatic rings. The third-order valence-corrected chi connectivity index (χ3v) is 5.14. The van der Waals surface area contributed by atoms with Crippen LogP contribution in [-0.2, 0) is 10.0 Å². The van der Waals surface area contributed by atoms with Gasteiger partial charge in [0.15, 0.2) is 0 Å². The zero-order valence-corrected chi connectivity index (χ0v) is 12.1. The maximum Gasteiger partial charge on any atom is 0.242 e. The topological polar surface area (TPSA) is 46.2 Å². The largest absolute Gasteiger partial charge is 0.242 e. The van der Waals surface area contributed by atoms with Crippen molar-refractivity contribution in [2.24, 2.45) is 0 Å². The molecule has 0 aliphatic rings. The molecule has 0 aliphatic carbocycles. The quantitative estimate of drug-likeness (QED) is 0.901. The first-order valence-electron chi connectivity index (χ1n) is 4.42. The summed E-state index contributed by atoms with van der Waals surface area (Å²) in [6.45, 7) is 2.35. The number of hydrogen-bond acceptors (Lipinski definition) is 2. The molecule has 0 bridgehead atoms. The Bertz CT molecular complexity index is 425. The van der Waals surface area contributed by atoms with Crippen LogP contribution in [0, 0.1) is 0 Å². The van der Waals surface area contributed by atoms with E-state index in [4.69, 9.17) is 0 Å². The van der Waals surface area contributed by atoms with Crippen molar-refractivity contribution in [2.75, 3.05) is 6.54 Å². The highest BCUT2D eigenvalue weighted by Gasteiger charge is 2.19. The van der Waals surface area contributed by atoms with Gasteiger partial charge in [0.25, 0.3) is 0 Å². The smallest absolute Gasteiger partial charge is 0.211 e. The van der Waals surface area contributed by atoms with E-state index in [1.54, 1.807) is 18.2 Å². The molecular formula is C9H11Br2NO2S. The van der Waals surface area contributed by atoms with Crippen molar-refractivity contribution in [2.45, 2.75) is 18.2 Å². The molecule has 0 saturated carbocycles. The highest BCUT2D eigenvalue weighted by atomic mass is 79.9. The van der Waals surface area contributed by atoms with Crippen molar-refractivity contribution in [1.29, 1.82) is 0 Å². The van der Waals surface area contributed by atoms with Gasteiger partial charge in [-0.3, -0.25) is 0 Å². The summed E-state index contributed by atoms with van der Waals surface area (Å²) >= 11 is 6.45. The molecule has 0 unspecified atom stereocenters. The summed E-state index contributed by atoms with van der Waals surface area (Å²) in [5.41, 5.74) is 0. The minimum absolute atomic E-state index is 0.249. The SMILES string of the molecule is CCCNS(=O)(=O)c1c(Br)cccc1Br. The fraction of sp³-hybridized carbons (Fsp3) is 0.333. The van der Waals surface area contributed by atoms with Gasteiger partial charge in [0, 0.05) is 15.5 Å². The summed E-state index contributed by atoms with van der Waals surface area (Å²) in [5, 5.41) is 0. The van der Waals surface area contributed by atoms with Crippen molar-refractivity contribution in [3.8, 4) is 0 Å². The molecule has 0 aliphatic heterocycles. The van der Waals surface area contributed by atoms with Crippen molar-refractivity contribution in [3.63, 3.8) is 0 Å². The van der Waals surface area contributed by atoms with Crippen LogP contribution in [0.3, 0.4) is 0 Å². The van der Waals surface area contributed by atoms with Crippen LogP contribution in [0.15, 0.2) is 32.0 Å². The Hall–Kier alpha value is 0.0900. The van der Waals surface area contributed by atoms with Gasteiger partial charge < -0.3 is 0 Å². The van der Waals surface area contributed by atoms with Crippen LogP contribution in [-0.4, -0.2) is 15.0 Å². The third-order valence-electron chi connectivity index (χ3n) is 1.73. The maximum atomic E-state index is 11.9. The van der Waals surface area contributed by atoms with E-state index < -0.39 is 10.0 Å². The summed E-state index contributed by atoms with van der Waals surface area (Å²) < 4.78 is 27.4. The highest BCUT2D eigenvalue weighted by molar-refractivity contribution is 9.11. The third kappa shape index (κ3) is 3.27. The first kappa shape index (κ1) is 13.2. The molecule has 0 atom stereocenters. The second kappa shape index (κ2) is 5.43. The summed E-state index contributed by atoms with van der Waals surface area (Å²) in [5.74, 6) is 0. The molecule has 1 N–H and O–H groups in total. The van der Waals surface area contributed by atoms with Crippen LogP contribution in [0.5, 0.6) is 0 Å². The van der Waals surface area contributed by atoms with E-state index in [0.29, 0.717) is 15.5 Å². The zero-order valence-electron chi connectivity index (χ0n) is 8.13. The van der Waals surface area contributed by atoms with Gasteiger partial charge in [-0.15, -0.1) is 0 Å². The fourth-order valence-corrected chi connectivity index (χ4v) is 4.59. The number of benzene rings is 1. The Kier molecular flexibility index (Phi) is 4.76. The Morgan fingerprint density at radius 2 is 1.80 bits per heavy atom. The van der Waals surface area contributed by atoms with Gasteiger partial charge in [-0.25, -0.2) is 13.1 Å². The normalized spacial score (nSPS) is 11.7. The highest BCUT2D eigenvalue weighted by Crippen LogP contribution is 2.29. The second-order valence-electron chi connectivity index (χ2n) is 2.95. The fourth-order valence-electron chi connectivity index (χ4n) is 1.05. The van der Waals surface area contributed by atoms with Gasteiger partial charge in [-0.05, 0) is 50.4 Å². The van der Waals surface area contributed by atoms with Crippen molar-refractivity contribution in [3.05, 3.63) is 27.1 Å². The molecule has 0 spiro atoms.